The Morgan fingerprint density at radius 2 is 1.77 bits per heavy atom. The molecular formula is C20H23FN4O4S. The maximum absolute atomic E-state index is 13.0. The molecular weight excluding hydrogens is 411 g/mol. The van der Waals surface area contributed by atoms with Gasteiger partial charge in [0.1, 0.15) is 5.82 Å². The molecule has 2 amide bonds. The highest BCUT2D eigenvalue weighted by molar-refractivity contribution is 7.89. The summed E-state index contributed by atoms with van der Waals surface area (Å²) in [7, 11) is -3.84. The minimum absolute atomic E-state index is 0.0201. The summed E-state index contributed by atoms with van der Waals surface area (Å²) in [5.74, 6) is -0.911. The lowest BCUT2D eigenvalue weighted by Gasteiger charge is -2.31. The molecule has 8 nitrogen and oxygen atoms in total. The highest BCUT2D eigenvalue weighted by atomic mass is 32.2. The number of benzene rings is 2. The maximum Gasteiger partial charge on any atom is 0.251 e. The standard InChI is InChI=1S/C20H23FN4O4S/c21-15-6-4-14(5-7-15)20(27)24-16-8-10-25(11-9-16)13-19(26)23-17-2-1-3-18(12-17)30(22,28)29/h1-7,12,16H,8-11,13H2,(H,23,26)(H,24,27)(H2,22,28,29). The van der Waals surface area contributed by atoms with Crippen LogP contribution in [0.15, 0.2) is 53.4 Å². The molecule has 1 heterocycles. The molecule has 3 rings (SSSR count). The zero-order valence-corrected chi connectivity index (χ0v) is 17.0. The van der Waals surface area contributed by atoms with Crippen LogP contribution >= 0.6 is 0 Å². The number of nitrogens with zero attached hydrogens (tertiary/aromatic N) is 1. The second-order valence-corrected chi connectivity index (χ2v) is 8.71. The zero-order chi connectivity index (χ0) is 21.7. The van der Waals surface area contributed by atoms with Gasteiger partial charge >= 0.3 is 0 Å². The van der Waals surface area contributed by atoms with E-state index in [1.54, 1.807) is 6.07 Å². The topological polar surface area (TPSA) is 122 Å². The van der Waals surface area contributed by atoms with Gasteiger partial charge in [-0.1, -0.05) is 6.07 Å². The van der Waals surface area contributed by atoms with Crippen molar-refractivity contribution in [1.29, 1.82) is 0 Å². The van der Waals surface area contributed by atoms with Crippen molar-refractivity contribution >= 4 is 27.5 Å². The first-order valence-corrected chi connectivity index (χ1v) is 11.0. The molecule has 1 aliphatic rings. The molecule has 4 N–H and O–H groups in total. The molecule has 160 valence electrons. The molecule has 10 heteroatoms. The average Bonchev–Trinajstić information content (AvgIpc) is 2.69. The first-order chi connectivity index (χ1) is 14.2. The molecule has 2 aromatic carbocycles. The predicted molar refractivity (Wildman–Crippen MR) is 110 cm³/mol. The summed E-state index contributed by atoms with van der Waals surface area (Å²) in [6, 6.07) is 11.1. The van der Waals surface area contributed by atoms with Gasteiger partial charge in [0.2, 0.25) is 15.9 Å². The number of amides is 2. The summed E-state index contributed by atoms with van der Waals surface area (Å²) in [6.45, 7) is 1.40. The number of piperidine rings is 1. The molecule has 0 spiro atoms. The number of likely N-dealkylation sites (tertiary alicyclic amines) is 1. The smallest absolute Gasteiger partial charge is 0.251 e. The van der Waals surface area contributed by atoms with E-state index < -0.39 is 15.8 Å². The monoisotopic (exact) mass is 434 g/mol. The number of halogens is 1. The van der Waals surface area contributed by atoms with E-state index in [0.29, 0.717) is 37.2 Å². The van der Waals surface area contributed by atoms with Gasteiger partial charge in [-0.3, -0.25) is 14.5 Å². The van der Waals surface area contributed by atoms with E-state index in [0.717, 1.165) is 0 Å². The molecule has 1 aliphatic heterocycles. The van der Waals surface area contributed by atoms with Crippen LogP contribution in [-0.2, 0) is 14.8 Å². The van der Waals surface area contributed by atoms with Gasteiger partial charge in [0.15, 0.2) is 0 Å². The average molecular weight is 434 g/mol. The maximum atomic E-state index is 13.0. The van der Waals surface area contributed by atoms with Crippen molar-refractivity contribution in [2.75, 3.05) is 25.0 Å². The Morgan fingerprint density at radius 3 is 2.40 bits per heavy atom. The van der Waals surface area contributed by atoms with E-state index in [4.69, 9.17) is 5.14 Å². The quantitative estimate of drug-likeness (QED) is 0.633. The van der Waals surface area contributed by atoms with Crippen LogP contribution in [0, 0.1) is 5.82 Å². The fourth-order valence-corrected chi connectivity index (χ4v) is 3.82. The highest BCUT2D eigenvalue weighted by Gasteiger charge is 2.22. The van der Waals surface area contributed by atoms with E-state index in [-0.39, 0.29) is 29.3 Å². The van der Waals surface area contributed by atoms with Crippen LogP contribution in [0.4, 0.5) is 10.1 Å². The Bertz CT molecular complexity index is 1020. The molecule has 0 aliphatic carbocycles. The lowest BCUT2D eigenvalue weighted by Crippen LogP contribution is -2.46. The number of sulfonamides is 1. The third-order valence-electron chi connectivity index (χ3n) is 4.84. The number of carbonyl (C=O) groups is 2. The molecule has 0 radical (unpaired) electrons. The van der Waals surface area contributed by atoms with Crippen LogP contribution < -0.4 is 15.8 Å². The van der Waals surface area contributed by atoms with Crippen molar-refractivity contribution in [3.05, 3.63) is 59.9 Å². The molecule has 0 aromatic heterocycles. The fourth-order valence-electron chi connectivity index (χ4n) is 3.26. The SMILES string of the molecule is NS(=O)(=O)c1cccc(NC(=O)CN2CCC(NC(=O)c3ccc(F)cc3)CC2)c1. The Kier molecular flexibility index (Phi) is 6.80. The molecule has 1 saturated heterocycles. The number of carbonyl (C=O) groups excluding carboxylic acids is 2. The number of nitrogens with one attached hydrogen (secondary N) is 2. The van der Waals surface area contributed by atoms with Crippen molar-refractivity contribution < 1.29 is 22.4 Å². The number of rotatable bonds is 6. The minimum atomic E-state index is -3.84. The van der Waals surface area contributed by atoms with Crippen molar-refractivity contribution in [2.24, 2.45) is 5.14 Å². The van der Waals surface area contributed by atoms with Gasteiger partial charge in [0.25, 0.3) is 5.91 Å². The molecule has 2 aromatic rings. The lowest BCUT2D eigenvalue weighted by atomic mass is 10.0. The van der Waals surface area contributed by atoms with E-state index in [1.807, 2.05) is 4.90 Å². The van der Waals surface area contributed by atoms with E-state index in [9.17, 15) is 22.4 Å². The zero-order valence-electron chi connectivity index (χ0n) is 16.2. The van der Waals surface area contributed by atoms with Gasteiger partial charge in [0, 0.05) is 30.4 Å². The molecule has 30 heavy (non-hydrogen) atoms. The van der Waals surface area contributed by atoms with Crippen molar-refractivity contribution in [1.82, 2.24) is 10.2 Å². The number of nitrogens with two attached hydrogens (primary N) is 1. The Balaban J connectivity index is 1.46. The van der Waals surface area contributed by atoms with E-state index >= 15 is 0 Å². The van der Waals surface area contributed by atoms with Crippen LogP contribution in [-0.4, -0.2) is 50.8 Å². The third kappa shape index (κ3) is 6.09. The van der Waals surface area contributed by atoms with Crippen LogP contribution in [0.3, 0.4) is 0 Å². The molecule has 0 unspecified atom stereocenters. The van der Waals surface area contributed by atoms with E-state index in [2.05, 4.69) is 10.6 Å². The summed E-state index contributed by atoms with van der Waals surface area (Å²) in [4.78, 5) is 26.4. The van der Waals surface area contributed by atoms with Gasteiger partial charge in [-0.25, -0.2) is 17.9 Å². The summed E-state index contributed by atoms with van der Waals surface area (Å²) < 4.78 is 35.8. The molecule has 0 atom stereocenters. The van der Waals surface area contributed by atoms with Crippen LogP contribution in [0.25, 0.3) is 0 Å². The second-order valence-electron chi connectivity index (χ2n) is 7.15. The molecule has 1 fully saturated rings. The minimum Gasteiger partial charge on any atom is -0.349 e. The Morgan fingerprint density at radius 1 is 1.10 bits per heavy atom. The summed E-state index contributed by atoms with van der Waals surface area (Å²) in [5.41, 5.74) is 0.757. The van der Waals surface area contributed by atoms with Gasteiger partial charge in [-0.2, -0.15) is 0 Å². The van der Waals surface area contributed by atoms with Crippen LogP contribution in [0.1, 0.15) is 23.2 Å². The molecule has 0 bridgehead atoms. The largest absolute Gasteiger partial charge is 0.349 e. The Hall–Kier alpha value is -2.82. The summed E-state index contributed by atoms with van der Waals surface area (Å²) in [6.07, 6.45) is 1.36. The van der Waals surface area contributed by atoms with Gasteiger partial charge in [-0.05, 0) is 55.3 Å². The first kappa shape index (κ1) is 21.9. The summed E-state index contributed by atoms with van der Waals surface area (Å²) >= 11 is 0. The lowest BCUT2D eigenvalue weighted by molar-refractivity contribution is -0.117. The van der Waals surface area contributed by atoms with Crippen LogP contribution in [0.2, 0.25) is 0 Å². The Labute approximate surface area is 174 Å². The number of hydrogen-bond donors (Lipinski definition) is 3. The van der Waals surface area contributed by atoms with Crippen molar-refractivity contribution in [3.63, 3.8) is 0 Å². The number of primary sulfonamides is 1. The van der Waals surface area contributed by atoms with Gasteiger partial charge in [0.05, 0.1) is 11.4 Å². The van der Waals surface area contributed by atoms with E-state index in [1.165, 1.54) is 42.5 Å². The number of hydrogen-bond acceptors (Lipinski definition) is 5. The third-order valence-corrected chi connectivity index (χ3v) is 5.75. The van der Waals surface area contributed by atoms with Gasteiger partial charge < -0.3 is 10.6 Å². The van der Waals surface area contributed by atoms with Crippen LogP contribution in [0.5, 0.6) is 0 Å². The molecule has 0 saturated carbocycles. The van der Waals surface area contributed by atoms with Gasteiger partial charge in [-0.15, -0.1) is 0 Å². The fraction of sp³-hybridized carbons (Fsp3) is 0.300. The normalized spacial score (nSPS) is 15.5. The van der Waals surface area contributed by atoms with Crippen molar-refractivity contribution in [3.8, 4) is 0 Å². The first-order valence-electron chi connectivity index (χ1n) is 9.42. The second kappa shape index (κ2) is 9.33. The van der Waals surface area contributed by atoms with Crippen molar-refractivity contribution in [2.45, 2.75) is 23.8 Å². The predicted octanol–water partition coefficient (Wildman–Crippen LogP) is 1.31. The summed E-state index contributed by atoms with van der Waals surface area (Å²) in [5, 5.41) is 10.7. The number of anilines is 1. The highest BCUT2D eigenvalue weighted by Crippen LogP contribution is 2.15.